The van der Waals surface area contributed by atoms with Gasteiger partial charge in [0.25, 0.3) is 11.5 Å². The SMILES string of the molecule is CC(NC(=O)c1c(N)nn2cccnc12)c1nc2cccc(C#Cc3cccnc3)c2c(=O)n1CCc1c[nH]cn1. The van der Waals surface area contributed by atoms with Gasteiger partial charge < -0.3 is 16.0 Å². The number of benzene rings is 1. The van der Waals surface area contributed by atoms with Gasteiger partial charge in [0.1, 0.15) is 11.4 Å². The van der Waals surface area contributed by atoms with Gasteiger partial charge in [-0.2, -0.15) is 0 Å². The molecule has 4 N–H and O–H groups in total. The summed E-state index contributed by atoms with van der Waals surface area (Å²) in [5.74, 6) is 6.12. The van der Waals surface area contributed by atoms with Crippen LogP contribution in [-0.4, -0.2) is 45.0 Å². The fraction of sp³-hybridized carbons (Fsp3) is 0.138. The van der Waals surface area contributed by atoms with E-state index in [2.05, 4.69) is 42.2 Å². The van der Waals surface area contributed by atoms with Gasteiger partial charge in [-0.3, -0.25) is 19.1 Å². The Morgan fingerprint density at radius 3 is 2.85 bits per heavy atom. The average molecular weight is 545 g/mol. The predicted molar refractivity (Wildman–Crippen MR) is 152 cm³/mol. The van der Waals surface area contributed by atoms with Crippen molar-refractivity contribution in [1.29, 1.82) is 0 Å². The monoisotopic (exact) mass is 544 g/mol. The number of rotatable bonds is 6. The lowest BCUT2D eigenvalue weighted by molar-refractivity contribution is 0.0939. The Hall–Kier alpha value is -5.83. The minimum absolute atomic E-state index is 0.0487. The van der Waals surface area contributed by atoms with E-state index in [9.17, 15) is 9.59 Å². The first-order valence-corrected chi connectivity index (χ1v) is 12.8. The number of nitrogens with two attached hydrogens (primary N) is 1. The number of carbonyl (C=O) groups is 1. The number of nitrogens with zero attached hydrogens (tertiary/aromatic N) is 7. The molecule has 6 rings (SSSR count). The summed E-state index contributed by atoms with van der Waals surface area (Å²) in [6, 6.07) is 10.0. The number of hydrogen-bond acceptors (Lipinski definition) is 8. The number of pyridine rings is 1. The van der Waals surface area contributed by atoms with Crippen molar-refractivity contribution in [3.63, 3.8) is 0 Å². The van der Waals surface area contributed by atoms with Crippen LogP contribution in [0.3, 0.4) is 0 Å². The second-order valence-electron chi connectivity index (χ2n) is 9.27. The summed E-state index contributed by atoms with van der Waals surface area (Å²) < 4.78 is 3.01. The lowest BCUT2D eigenvalue weighted by Gasteiger charge is -2.19. The molecule has 0 fully saturated rings. The first-order chi connectivity index (χ1) is 20.0. The van der Waals surface area contributed by atoms with Gasteiger partial charge in [0.15, 0.2) is 11.5 Å². The molecular formula is C29H24N10O2. The predicted octanol–water partition coefficient (Wildman–Crippen LogP) is 2.27. The fourth-order valence-corrected chi connectivity index (χ4v) is 4.62. The third-order valence-electron chi connectivity index (χ3n) is 6.55. The first-order valence-electron chi connectivity index (χ1n) is 12.8. The third kappa shape index (κ3) is 4.99. The van der Waals surface area contributed by atoms with Crippen LogP contribution in [0.5, 0.6) is 0 Å². The number of amides is 1. The minimum atomic E-state index is -0.665. The molecule has 0 saturated heterocycles. The lowest BCUT2D eigenvalue weighted by atomic mass is 10.1. The van der Waals surface area contributed by atoms with E-state index in [4.69, 9.17) is 10.7 Å². The molecule has 0 spiro atoms. The van der Waals surface area contributed by atoms with Gasteiger partial charge in [0, 0.05) is 55.1 Å². The molecule has 12 heteroatoms. The molecule has 1 aromatic carbocycles. The standard InChI is InChI=1S/C29H24N10O2/c1-18(35-28(40)24-25(30)37-39-13-4-12-33-27(24)39)26-36-22-7-2-6-20(9-8-19-5-3-11-31-15-19)23(22)29(41)38(26)14-10-21-16-32-17-34-21/h2-7,11-13,15-18H,10,14H2,1H3,(H2,30,37)(H,32,34)(H,35,40). The molecule has 0 aliphatic carbocycles. The molecule has 0 aliphatic heterocycles. The molecule has 1 unspecified atom stereocenters. The summed E-state index contributed by atoms with van der Waals surface area (Å²) in [7, 11) is 0. The zero-order valence-electron chi connectivity index (χ0n) is 21.9. The van der Waals surface area contributed by atoms with Gasteiger partial charge in [-0.15, -0.1) is 5.10 Å². The quantitative estimate of drug-likeness (QED) is 0.269. The Labute approximate surface area is 233 Å². The van der Waals surface area contributed by atoms with Crippen LogP contribution < -0.4 is 16.6 Å². The van der Waals surface area contributed by atoms with E-state index in [0.29, 0.717) is 34.4 Å². The smallest absolute Gasteiger partial charge is 0.262 e. The Bertz CT molecular complexity index is 2000. The molecule has 0 bridgehead atoms. The van der Waals surface area contributed by atoms with Crippen molar-refractivity contribution in [3.8, 4) is 11.8 Å². The van der Waals surface area contributed by atoms with Gasteiger partial charge in [-0.05, 0) is 37.3 Å². The number of hydrogen-bond donors (Lipinski definition) is 3. The summed E-state index contributed by atoms with van der Waals surface area (Å²) in [5.41, 5.74) is 8.80. The average Bonchev–Trinajstić information content (AvgIpc) is 3.62. The van der Waals surface area contributed by atoms with Crippen molar-refractivity contribution in [3.05, 3.63) is 112 Å². The highest BCUT2D eigenvalue weighted by atomic mass is 16.2. The number of aromatic nitrogens is 8. The number of anilines is 1. The van der Waals surface area contributed by atoms with Crippen LogP contribution in [0.4, 0.5) is 5.82 Å². The zero-order valence-corrected chi connectivity index (χ0v) is 21.9. The van der Waals surface area contributed by atoms with Crippen LogP contribution in [0.15, 0.2) is 78.5 Å². The number of imidazole rings is 1. The van der Waals surface area contributed by atoms with Crippen LogP contribution in [0.2, 0.25) is 0 Å². The van der Waals surface area contributed by atoms with Crippen molar-refractivity contribution in [2.75, 3.05) is 5.73 Å². The Kier molecular flexibility index (Phi) is 6.67. The molecular weight excluding hydrogens is 520 g/mol. The Morgan fingerprint density at radius 1 is 1.15 bits per heavy atom. The highest BCUT2D eigenvalue weighted by Gasteiger charge is 2.24. The molecule has 5 aromatic heterocycles. The van der Waals surface area contributed by atoms with Gasteiger partial charge in [-0.1, -0.05) is 17.9 Å². The van der Waals surface area contributed by atoms with Gasteiger partial charge in [-0.25, -0.2) is 19.5 Å². The second-order valence-corrected chi connectivity index (χ2v) is 9.27. The van der Waals surface area contributed by atoms with Crippen LogP contribution in [-0.2, 0) is 13.0 Å². The van der Waals surface area contributed by atoms with E-state index >= 15 is 0 Å². The Morgan fingerprint density at radius 2 is 2.05 bits per heavy atom. The van der Waals surface area contributed by atoms with Crippen LogP contribution in [0.25, 0.3) is 16.6 Å². The number of nitrogen functional groups attached to an aromatic ring is 1. The van der Waals surface area contributed by atoms with Crippen molar-refractivity contribution < 1.29 is 4.79 Å². The summed E-state index contributed by atoms with van der Waals surface area (Å²) in [4.78, 5) is 47.8. The van der Waals surface area contributed by atoms with E-state index in [1.165, 1.54) is 4.52 Å². The Balaban J connectivity index is 1.42. The topological polar surface area (TPSA) is 162 Å². The molecule has 0 radical (unpaired) electrons. The van der Waals surface area contributed by atoms with Crippen LogP contribution in [0, 0.1) is 11.8 Å². The van der Waals surface area contributed by atoms with Crippen LogP contribution >= 0.6 is 0 Å². The highest BCUT2D eigenvalue weighted by molar-refractivity contribution is 6.04. The maximum Gasteiger partial charge on any atom is 0.262 e. The summed E-state index contributed by atoms with van der Waals surface area (Å²) in [6.45, 7) is 2.05. The highest BCUT2D eigenvalue weighted by Crippen LogP contribution is 2.20. The van der Waals surface area contributed by atoms with E-state index in [-0.39, 0.29) is 23.5 Å². The lowest BCUT2D eigenvalue weighted by Crippen LogP contribution is -2.34. The molecule has 202 valence electrons. The first kappa shape index (κ1) is 25.4. The fourth-order valence-electron chi connectivity index (χ4n) is 4.62. The number of carbonyl (C=O) groups excluding carboxylic acids is 1. The zero-order chi connectivity index (χ0) is 28.3. The third-order valence-corrected chi connectivity index (χ3v) is 6.55. The van der Waals surface area contributed by atoms with E-state index in [0.717, 1.165) is 11.3 Å². The number of H-pyrrole nitrogens is 1. The van der Waals surface area contributed by atoms with Crippen molar-refractivity contribution >= 4 is 28.3 Å². The largest absolute Gasteiger partial charge is 0.381 e. The number of nitrogens with one attached hydrogen (secondary N) is 2. The van der Waals surface area contributed by atoms with Gasteiger partial charge in [0.2, 0.25) is 0 Å². The molecule has 5 heterocycles. The van der Waals surface area contributed by atoms with Gasteiger partial charge >= 0.3 is 0 Å². The summed E-state index contributed by atoms with van der Waals surface area (Å²) in [6.07, 6.45) is 10.4. The molecule has 12 nitrogen and oxygen atoms in total. The summed E-state index contributed by atoms with van der Waals surface area (Å²) in [5, 5.41) is 7.49. The molecule has 6 aromatic rings. The maximum atomic E-state index is 14.0. The van der Waals surface area contributed by atoms with Crippen LogP contribution in [0.1, 0.15) is 46.0 Å². The van der Waals surface area contributed by atoms with Crippen molar-refractivity contribution in [1.82, 2.24) is 44.4 Å². The number of aryl methyl sites for hydroxylation is 1. The molecule has 1 atom stereocenters. The molecule has 0 aliphatic rings. The van der Waals surface area contributed by atoms with Crippen molar-refractivity contribution in [2.45, 2.75) is 25.9 Å². The van der Waals surface area contributed by atoms with E-state index in [1.807, 2.05) is 6.07 Å². The maximum absolute atomic E-state index is 14.0. The normalized spacial score (nSPS) is 11.7. The molecule has 1 amide bonds. The number of fused-ring (bicyclic) bond motifs is 2. The van der Waals surface area contributed by atoms with Crippen molar-refractivity contribution in [2.24, 2.45) is 0 Å². The molecule has 0 saturated carbocycles. The van der Waals surface area contributed by atoms with Gasteiger partial charge in [0.05, 0.1) is 29.0 Å². The summed E-state index contributed by atoms with van der Waals surface area (Å²) >= 11 is 0. The second kappa shape index (κ2) is 10.7. The molecule has 41 heavy (non-hydrogen) atoms. The number of aromatic amines is 1. The van der Waals surface area contributed by atoms with E-state index < -0.39 is 11.9 Å². The minimum Gasteiger partial charge on any atom is -0.381 e. The van der Waals surface area contributed by atoms with E-state index in [1.54, 1.807) is 79.1 Å².